The molecule has 17 heavy (non-hydrogen) atoms. The predicted octanol–water partition coefficient (Wildman–Crippen LogP) is 2.21. The fraction of sp³-hybridized carbons (Fsp3) is 0.769. The first-order chi connectivity index (χ1) is 8.12. The van der Waals surface area contributed by atoms with Gasteiger partial charge in [-0.3, -0.25) is 4.90 Å². The summed E-state index contributed by atoms with van der Waals surface area (Å²) >= 11 is 1.68. The van der Waals surface area contributed by atoms with Crippen LogP contribution in [-0.4, -0.2) is 36.6 Å². The van der Waals surface area contributed by atoms with E-state index >= 15 is 0 Å². The van der Waals surface area contributed by atoms with Gasteiger partial charge < -0.3 is 5.32 Å². The van der Waals surface area contributed by atoms with Crippen molar-refractivity contribution < 1.29 is 0 Å². The molecule has 1 fully saturated rings. The summed E-state index contributed by atoms with van der Waals surface area (Å²) in [6.45, 7) is 9.16. The fourth-order valence-corrected chi connectivity index (χ4v) is 3.31. The molecule has 1 unspecified atom stereocenters. The first-order valence-electron chi connectivity index (χ1n) is 6.39. The van der Waals surface area contributed by atoms with E-state index in [9.17, 15) is 0 Å². The van der Waals surface area contributed by atoms with Gasteiger partial charge in [-0.05, 0) is 31.3 Å². The molecular formula is C13H23N3S. The number of hydrogen-bond acceptors (Lipinski definition) is 4. The first kappa shape index (κ1) is 13.0. The Labute approximate surface area is 108 Å². The largest absolute Gasteiger partial charge is 0.316 e. The van der Waals surface area contributed by atoms with Crippen molar-refractivity contribution in [1.82, 2.24) is 15.2 Å². The summed E-state index contributed by atoms with van der Waals surface area (Å²) in [7, 11) is 2.21. The Morgan fingerprint density at radius 1 is 1.59 bits per heavy atom. The molecule has 0 spiro atoms. The van der Waals surface area contributed by atoms with Crippen LogP contribution in [-0.2, 0) is 6.54 Å². The molecule has 2 rings (SSSR count). The van der Waals surface area contributed by atoms with Crippen LogP contribution < -0.4 is 5.32 Å². The van der Waals surface area contributed by atoms with E-state index < -0.39 is 0 Å². The van der Waals surface area contributed by atoms with E-state index in [1.165, 1.54) is 18.7 Å². The minimum absolute atomic E-state index is 0.449. The third-order valence-electron chi connectivity index (χ3n) is 4.00. The monoisotopic (exact) mass is 253 g/mol. The van der Waals surface area contributed by atoms with Gasteiger partial charge in [0, 0.05) is 25.0 Å². The second-order valence-electron chi connectivity index (χ2n) is 5.60. The molecule has 3 nitrogen and oxygen atoms in total. The molecule has 0 bridgehead atoms. The highest BCUT2D eigenvalue weighted by Gasteiger charge is 2.37. The topological polar surface area (TPSA) is 28.2 Å². The lowest BCUT2D eigenvalue weighted by Gasteiger charge is -2.36. The average Bonchev–Trinajstić information content (AvgIpc) is 2.89. The predicted molar refractivity (Wildman–Crippen MR) is 73.2 cm³/mol. The maximum Gasteiger partial charge on any atom is 0.0795 e. The summed E-state index contributed by atoms with van der Waals surface area (Å²) in [4.78, 5) is 6.78. The molecule has 1 atom stereocenters. The zero-order chi connectivity index (χ0) is 12.3. The van der Waals surface area contributed by atoms with Crippen LogP contribution in [0, 0.1) is 11.3 Å². The van der Waals surface area contributed by atoms with Gasteiger partial charge in [-0.25, -0.2) is 4.98 Å². The zero-order valence-electron chi connectivity index (χ0n) is 11.1. The summed E-state index contributed by atoms with van der Waals surface area (Å²) in [5, 5.41) is 5.66. The molecule has 96 valence electrons. The molecule has 1 aliphatic heterocycles. The van der Waals surface area contributed by atoms with Gasteiger partial charge in [0.25, 0.3) is 0 Å². The van der Waals surface area contributed by atoms with Crippen molar-refractivity contribution in [3.8, 4) is 0 Å². The van der Waals surface area contributed by atoms with Crippen LogP contribution in [0.15, 0.2) is 10.9 Å². The van der Waals surface area contributed by atoms with Gasteiger partial charge in [0.15, 0.2) is 0 Å². The Hall–Kier alpha value is -0.450. The average molecular weight is 253 g/mol. The zero-order valence-corrected chi connectivity index (χ0v) is 11.9. The minimum atomic E-state index is 0.449. The highest BCUT2D eigenvalue weighted by atomic mass is 32.1. The number of thiazole rings is 1. The maximum atomic E-state index is 4.36. The van der Waals surface area contributed by atoms with E-state index in [1.54, 1.807) is 11.3 Å². The second-order valence-corrected chi connectivity index (χ2v) is 6.31. The van der Waals surface area contributed by atoms with Gasteiger partial charge in [0.1, 0.15) is 0 Å². The lowest BCUT2D eigenvalue weighted by molar-refractivity contribution is 0.131. The molecule has 0 saturated carbocycles. The van der Waals surface area contributed by atoms with Crippen molar-refractivity contribution >= 4 is 11.3 Å². The Balaban J connectivity index is 1.94. The fourth-order valence-electron chi connectivity index (χ4n) is 2.76. The van der Waals surface area contributed by atoms with Crippen LogP contribution in [0.1, 0.15) is 26.0 Å². The van der Waals surface area contributed by atoms with E-state index in [4.69, 9.17) is 0 Å². The number of rotatable bonds is 5. The molecule has 1 aromatic rings. The van der Waals surface area contributed by atoms with E-state index in [0.29, 0.717) is 5.41 Å². The molecule has 1 aromatic heterocycles. The lowest BCUT2D eigenvalue weighted by Crippen LogP contribution is -2.41. The van der Waals surface area contributed by atoms with Gasteiger partial charge >= 0.3 is 0 Å². The molecular weight excluding hydrogens is 230 g/mol. The summed E-state index contributed by atoms with van der Waals surface area (Å²) in [5.41, 5.74) is 3.56. The highest BCUT2D eigenvalue weighted by Crippen LogP contribution is 2.34. The molecule has 0 amide bonds. The molecule has 1 aliphatic rings. The van der Waals surface area contributed by atoms with E-state index in [2.05, 4.69) is 41.5 Å². The van der Waals surface area contributed by atoms with Crippen molar-refractivity contribution in [3.05, 3.63) is 16.6 Å². The second kappa shape index (κ2) is 5.46. The van der Waals surface area contributed by atoms with Gasteiger partial charge in [0.05, 0.1) is 11.2 Å². The van der Waals surface area contributed by atoms with Crippen molar-refractivity contribution in [2.24, 2.45) is 11.3 Å². The van der Waals surface area contributed by atoms with Crippen molar-refractivity contribution in [2.45, 2.75) is 26.8 Å². The van der Waals surface area contributed by atoms with Gasteiger partial charge in [-0.2, -0.15) is 0 Å². The number of nitrogens with one attached hydrogen (secondary N) is 1. The summed E-state index contributed by atoms with van der Waals surface area (Å²) in [6.07, 6.45) is 1.30. The van der Waals surface area contributed by atoms with Gasteiger partial charge in [-0.15, -0.1) is 11.3 Å². The minimum Gasteiger partial charge on any atom is -0.316 e. The standard InChI is InChI=1S/C13H23N3S/c1-11(2)13(4-5-14-8-13)9-16(3)6-12-7-17-10-15-12/h7,10-11,14H,4-6,8-9H2,1-3H3. The van der Waals surface area contributed by atoms with Crippen LogP contribution in [0.5, 0.6) is 0 Å². The van der Waals surface area contributed by atoms with Crippen molar-refractivity contribution in [2.75, 3.05) is 26.7 Å². The van der Waals surface area contributed by atoms with Crippen molar-refractivity contribution in [3.63, 3.8) is 0 Å². The first-order valence-corrected chi connectivity index (χ1v) is 7.33. The molecule has 1 N–H and O–H groups in total. The molecule has 0 aliphatic carbocycles. The highest BCUT2D eigenvalue weighted by molar-refractivity contribution is 7.07. The van der Waals surface area contributed by atoms with E-state index in [0.717, 1.165) is 25.6 Å². The maximum absolute atomic E-state index is 4.36. The van der Waals surface area contributed by atoms with Crippen LogP contribution in [0.3, 0.4) is 0 Å². The molecule has 2 heterocycles. The van der Waals surface area contributed by atoms with Gasteiger partial charge in [0.2, 0.25) is 0 Å². The number of aromatic nitrogens is 1. The van der Waals surface area contributed by atoms with Crippen LogP contribution in [0.25, 0.3) is 0 Å². The Kier molecular flexibility index (Phi) is 4.17. The Morgan fingerprint density at radius 3 is 2.94 bits per heavy atom. The van der Waals surface area contributed by atoms with Crippen molar-refractivity contribution in [1.29, 1.82) is 0 Å². The third-order valence-corrected chi connectivity index (χ3v) is 4.64. The summed E-state index contributed by atoms with van der Waals surface area (Å²) in [6, 6.07) is 0. The Morgan fingerprint density at radius 2 is 2.41 bits per heavy atom. The van der Waals surface area contributed by atoms with Crippen LogP contribution in [0.4, 0.5) is 0 Å². The molecule has 0 radical (unpaired) electrons. The summed E-state index contributed by atoms with van der Waals surface area (Å²) < 4.78 is 0. The normalized spacial score (nSPS) is 25.0. The summed E-state index contributed by atoms with van der Waals surface area (Å²) in [5.74, 6) is 0.732. The molecule has 4 heteroatoms. The SMILES string of the molecule is CC(C)C1(CN(C)Cc2cscn2)CCNC1. The van der Waals surface area contributed by atoms with E-state index in [1.807, 2.05) is 5.51 Å². The van der Waals surface area contributed by atoms with E-state index in [-0.39, 0.29) is 0 Å². The number of hydrogen-bond donors (Lipinski definition) is 1. The third kappa shape index (κ3) is 3.06. The van der Waals surface area contributed by atoms with Gasteiger partial charge in [-0.1, -0.05) is 13.8 Å². The van der Waals surface area contributed by atoms with Crippen LogP contribution in [0.2, 0.25) is 0 Å². The molecule has 1 saturated heterocycles. The quantitative estimate of drug-likeness (QED) is 0.872. The lowest BCUT2D eigenvalue weighted by atomic mass is 9.76. The Bertz CT molecular complexity index is 328. The number of nitrogens with zero attached hydrogens (tertiary/aromatic N) is 2. The smallest absolute Gasteiger partial charge is 0.0795 e. The molecule has 0 aromatic carbocycles. The van der Waals surface area contributed by atoms with Crippen LogP contribution >= 0.6 is 11.3 Å².